The first-order valence-electron chi connectivity index (χ1n) is 18.7. The molecule has 0 bridgehead atoms. The first-order chi connectivity index (χ1) is 27.1. The first-order valence-corrected chi connectivity index (χ1v) is 18.7. The molecule has 14 heteroatoms. The summed E-state index contributed by atoms with van der Waals surface area (Å²) in [6, 6.07) is 24.5. The second-order valence-electron chi connectivity index (χ2n) is 14.0. The zero-order valence-electron chi connectivity index (χ0n) is 30.4. The van der Waals surface area contributed by atoms with Crippen LogP contribution in [-0.4, -0.2) is 74.8 Å². The Morgan fingerprint density at radius 1 is 0.782 bits per heavy atom. The number of nitrogens with one attached hydrogen (secondary N) is 1. The minimum Gasteiger partial charge on any atom is -0.424 e. The summed E-state index contributed by atoms with van der Waals surface area (Å²) in [4.78, 5) is 40.3. The summed E-state index contributed by atoms with van der Waals surface area (Å²) in [5.41, 5.74) is 4.59. The lowest BCUT2D eigenvalue weighted by Gasteiger charge is -2.46. The van der Waals surface area contributed by atoms with Crippen LogP contribution >= 0.6 is 0 Å². The number of nitrogens with zero attached hydrogens (tertiary/aromatic N) is 9. The lowest BCUT2D eigenvalue weighted by molar-refractivity contribution is -0.157. The molecule has 3 atom stereocenters. The fraction of sp³-hybridized carbons (Fsp3) is 0.293. The van der Waals surface area contributed by atoms with Gasteiger partial charge in [-0.3, -0.25) is 9.80 Å². The zero-order valence-corrected chi connectivity index (χ0v) is 30.4. The van der Waals surface area contributed by atoms with Crippen molar-refractivity contribution in [1.29, 1.82) is 0 Å². The summed E-state index contributed by atoms with van der Waals surface area (Å²) in [6.45, 7) is 3.24. The molecule has 0 amide bonds. The van der Waals surface area contributed by atoms with Gasteiger partial charge in [-0.2, -0.15) is 9.97 Å². The molecule has 2 aliphatic heterocycles. The zero-order chi connectivity index (χ0) is 37.1. The highest BCUT2D eigenvalue weighted by molar-refractivity contribution is 5.78. The average molecular weight is 737 g/mol. The van der Waals surface area contributed by atoms with Crippen molar-refractivity contribution in [2.24, 2.45) is 0 Å². The van der Waals surface area contributed by atoms with Crippen molar-refractivity contribution in [3.8, 4) is 45.5 Å². The van der Waals surface area contributed by atoms with E-state index in [1.165, 1.54) is 0 Å². The Morgan fingerprint density at radius 3 is 1.95 bits per heavy atom. The number of likely N-dealkylation sites (tertiary alicyclic amines) is 2. The third kappa shape index (κ3) is 7.09. The van der Waals surface area contributed by atoms with Crippen LogP contribution in [0, 0.1) is 6.92 Å². The molecule has 0 spiro atoms. The van der Waals surface area contributed by atoms with Gasteiger partial charge in [0.15, 0.2) is 6.17 Å². The Morgan fingerprint density at radius 2 is 1.38 bits per heavy atom. The van der Waals surface area contributed by atoms with Gasteiger partial charge in [0, 0.05) is 42.3 Å². The van der Waals surface area contributed by atoms with Crippen LogP contribution < -0.4 is 4.74 Å². The summed E-state index contributed by atoms with van der Waals surface area (Å²) in [7, 11) is 0. The molecule has 278 valence electrons. The third-order valence-electron chi connectivity index (χ3n) is 10.5. The van der Waals surface area contributed by atoms with Gasteiger partial charge < -0.3 is 23.3 Å². The number of carbonyl (C=O) groups excluding carboxylic acids is 1. The van der Waals surface area contributed by atoms with Gasteiger partial charge in [-0.25, -0.2) is 14.8 Å². The SMILES string of the molecule is Cc1nccn1-c1ccc(-c2noc(C3CCCCN3[C@H](C(=O)Oc3ccccc3)N3CCCC[C@@H]3c3nc(-c4ccc(-c5cnc[nH]5)cc4)no3)n2)cc1. The van der Waals surface area contributed by atoms with Crippen molar-refractivity contribution in [3.63, 3.8) is 0 Å². The van der Waals surface area contributed by atoms with E-state index < -0.39 is 6.17 Å². The number of hydrogen-bond acceptors (Lipinski definition) is 12. The highest BCUT2D eigenvalue weighted by atomic mass is 16.5. The molecular weight excluding hydrogens is 697 g/mol. The average Bonchev–Trinajstić information content (AvgIpc) is 4.08. The summed E-state index contributed by atoms with van der Waals surface area (Å²) in [5, 5.41) is 8.80. The van der Waals surface area contributed by atoms with E-state index in [9.17, 15) is 4.79 Å². The number of benzene rings is 3. The number of ether oxygens (including phenoxy) is 1. The predicted molar refractivity (Wildman–Crippen MR) is 201 cm³/mol. The van der Waals surface area contributed by atoms with Gasteiger partial charge in [0.2, 0.25) is 23.4 Å². The fourth-order valence-corrected chi connectivity index (χ4v) is 7.75. The van der Waals surface area contributed by atoms with Crippen LogP contribution in [0.4, 0.5) is 0 Å². The van der Waals surface area contributed by atoms with E-state index in [4.69, 9.17) is 23.8 Å². The minimum absolute atomic E-state index is 0.314. The number of piperidine rings is 2. The van der Waals surface area contributed by atoms with E-state index in [0.717, 1.165) is 72.4 Å². The maximum Gasteiger partial charge on any atom is 0.344 e. The number of aromatic nitrogens is 8. The number of carbonyl (C=O) groups is 1. The van der Waals surface area contributed by atoms with Crippen LogP contribution in [0.5, 0.6) is 5.75 Å². The Kier molecular flexibility index (Phi) is 9.56. The molecule has 14 nitrogen and oxygen atoms in total. The number of para-hydroxylation sites is 1. The summed E-state index contributed by atoms with van der Waals surface area (Å²) < 4.78 is 20.1. The standard InChI is InChI=1S/C41H40N10O4/c1-27-43-21-24-49(27)31-19-17-30(18-20-31)37-46-39(55-48-37)35-12-6-8-23-51(35)40(41(52)53-32-9-3-2-4-10-32)50-22-7-5-11-34(50)38-45-36(47-54-38)29-15-13-28(14-16-29)33-25-42-26-44-33/h2-4,9-10,13-21,24-26,34-35,40H,5-8,11-12,22-23H2,1H3,(H,42,44)/t34-,35?,40-/m1/s1. The largest absolute Gasteiger partial charge is 0.424 e. The van der Waals surface area contributed by atoms with Crippen LogP contribution in [-0.2, 0) is 4.79 Å². The summed E-state index contributed by atoms with van der Waals surface area (Å²) in [5.74, 6) is 2.91. The van der Waals surface area contributed by atoms with E-state index in [-0.39, 0.29) is 18.1 Å². The predicted octanol–water partition coefficient (Wildman–Crippen LogP) is 7.36. The molecule has 9 rings (SSSR count). The summed E-state index contributed by atoms with van der Waals surface area (Å²) >= 11 is 0. The van der Waals surface area contributed by atoms with Gasteiger partial charge in [0.25, 0.3) is 0 Å². The Balaban J connectivity index is 1.02. The van der Waals surface area contributed by atoms with Crippen LogP contribution in [0.1, 0.15) is 68.2 Å². The fourth-order valence-electron chi connectivity index (χ4n) is 7.75. The minimum atomic E-state index is -0.784. The van der Waals surface area contributed by atoms with Crippen LogP contribution in [0.3, 0.4) is 0 Å². The van der Waals surface area contributed by atoms with E-state index in [1.807, 2.05) is 84.4 Å². The molecule has 2 saturated heterocycles. The number of esters is 1. The molecule has 3 aromatic carbocycles. The van der Waals surface area contributed by atoms with Gasteiger partial charge in [0.1, 0.15) is 11.6 Å². The number of rotatable bonds is 10. The van der Waals surface area contributed by atoms with Gasteiger partial charge in [-0.05, 0) is 74.6 Å². The van der Waals surface area contributed by atoms with Crippen molar-refractivity contribution in [2.75, 3.05) is 13.1 Å². The number of imidazole rings is 2. The summed E-state index contributed by atoms with van der Waals surface area (Å²) in [6.07, 6.45) is 11.6. The van der Waals surface area contributed by atoms with Crippen molar-refractivity contribution in [3.05, 3.63) is 121 Å². The molecule has 55 heavy (non-hydrogen) atoms. The van der Waals surface area contributed by atoms with E-state index in [2.05, 4.69) is 35.1 Å². The number of aryl methyl sites for hydroxylation is 1. The maximum atomic E-state index is 14.5. The topological polar surface area (TPSA) is 157 Å². The first kappa shape index (κ1) is 34.5. The van der Waals surface area contributed by atoms with E-state index in [0.29, 0.717) is 42.3 Å². The molecule has 1 unspecified atom stereocenters. The molecule has 2 aliphatic rings. The van der Waals surface area contributed by atoms with Crippen molar-refractivity contribution in [2.45, 2.75) is 63.7 Å². The lowest BCUT2D eigenvalue weighted by atomic mass is 9.97. The molecule has 1 N–H and O–H groups in total. The van der Waals surface area contributed by atoms with Gasteiger partial charge in [0.05, 0.1) is 30.3 Å². The number of H-pyrrole nitrogens is 1. The molecule has 0 saturated carbocycles. The highest BCUT2D eigenvalue weighted by Crippen LogP contribution is 2.39. The van der Waals surface area contributed by atoms with Crippen LogP contribution in [0.15, 0.2) is 113 Å². The Hall–Kier alpha value is -6.25. The highest BCUT2D eigenvalue weighted by Gasteiger charge is 2.45. The van der Waals surface area contributed by atoms with Crippen molar-refractivity contribution < 1.29 is 18.6 Å². The second kappa shape index (κ2) is 15.2. The van der Waals surface area contributed by atoms with Crippen molar-refractivity contribution in [1.82, 2.24) is 49.6 Å². The van der Waals surface area contributed by atoms with Crippen LogP contribution in [0.25, 0.3) is 39.7 Å². The Labute approximate surface area is 317 Å². The van der Waals surface area contributed by atoms with Gasteiger partial charge in [-0.1, -0.05) is 65.6 Å². The smallest absolute Gasteiger partial charge is 0.344 e. The maximum absolute atomic E-state index is 14.5. The van der Waals surface area contributed by atoms with E-state index in [1.54, 1.807) is 30.9 Å². The molecule has 4 aromatic heterocycles. The molecule has 0 radical (unpaired) electrons. The Bertz CT molecular complexity index is 2330. The monoisotopic (exact) mass is 736 g/mol. The van der Waals surface area contributed by atoms with E-state index >= 15 is 0 Å². The molecule has 2 fully saturated rings. The molecular formula is C41H40N10O4. The second-order valence-corrected chi connectivity index (χ2v) is 14.0. The van der Waals surface area contributed by atoms with Gasteiger partial charge in [-0.15, -0.1) is 0 Å². The number of aromatic amines is 1. The van der Waals surface area contributed by atoms with Gasteiger partial charge >= 0.3 is 5.97 Å². The molecule has 7 aromatic rings. The van der Waals surface area contributed by atoms with Crippen LogP contribution in [0.2, 0.25) is 0 Å². The van der Waals surface area contributed by atoms with Crippen molar-refractivity contribution >= 4 is 5.97 Å². The third-order valence-corrected chi connectivity index (χ3v) is 10.5. The normalized spacial score (nSPS) is 18.6. The molecule has 6 heterocycles. The molecule has 0 aliphatic carbocycles. The lowest BCUT2D eigenvalue weighted by Crippen LogP contribution is -2.58. The quantitative estimate of drug-likeness (QED) is 0.110. The number of hydrogen-bond donors (Lipinski definition) is 1.